The lowest BCUT2D eigenvalue weighted by Gasteiger charge is -2.38. The predicted octanol–water partition coefficient (Wildman–Crippen LogP) is 3.12. The topological polar surface area (TPSA) is 38.8 Å². The molecule has 2 amide bonds. The van der Waals surface area contributed by atoms with E-state index in [9.17, 15) is 9.18 Å². The van der Waals surface area contributed by atoms with Gasteiger partial charge in [-0.15, -0.1) is 0 Å². The summed E-state index contributed by atoms with van der Waals surface area (Å²) in [7, 11) is 2.14. The second kappa shape index (κ2) is 7.19. The molecule has 0 unspecified atom stereocenters. The average Bonchev–Trinajstić information content (AvgIpc) is 2.66. The van der Waals surface area contributed by atoms with Gasteiger partial charge < -0.3 is 15.1 Å². The van der Waals surface area contributed by atoms with E-state index in [1.165, 1.54) is 11.8 Å². The smallest absolute Gasteiger partial charge is 0.322 e. The van der Waals surface area contributed by atoms with Gasteiger partial charge in [-0.1, -0.05) is 18.2 Å². The first kappa shape index (κ1) is 17.8. The minimum absolute atomic E-state index is 0.180. The van der Waals surface area contributed by atoms with E-state index in [-0.39, 0.29) is 18.4 Å². The molecule has 0 aliphatic carbocycles. The fourth-order valence-corrected chi connectivity index (χ4v) is 3.85. The second-order valence-electron chi connectivity index (χ2n) is 7.41. The van der Waals surface area contributed by atoms with E-state index in [1.807, 2.05) is 13.0 Å². The highest BCUT2D eigenvalue weighted by Gasteiger charge is 2.29. The highest BCUT2D eigenvalue weighted by atomic mass is 19.1. The molecule has 6 heteroatoms. The third-order valence-electron chi connectivity index (χ3n) is 5.43. The van der Waals surface area contributed by atoms with E-state index >= 15 is 0 Å². The zero-order valence-electron chi connectivity index (χ0n) is 15.8. The number of piperazine rings is 1. The van der Waals surface area contributed by atoms with E-state index in [0.29, 0.717) is 12.1 Å². The van der Waals surface area contributed by atoms with Crippen LogP contribution in [0.4, 0.5) is 20.6 Å². The first-order chi connectivity index (χ1) is 13.0. The zero-order valence-corrected chi connectivity index (χ0v) is 15.8. The van der Waals surface area contributed by atoms with Gasteiger partial charge in [-0.3, -0.25) is 4.90 Å². The number of halogens is 1. The summed E-state index contributed by atoms with van der Waals surface area (Å²) in [5.74, 6) is -0.288. The summed E-state index contributed by atoms with van der Waals surface area (Å²) >= 11 is 0. The van der Waals surface area contributed by atoms with Crippen molar-refractivity contribution < 1.29 is 9.18 Å². The number of aryl methyl sites for hydroxylation is 1. The average molecular weight is 368 g/mol. The third-order valence-corrected chi connectivity index (χ3v) is 5.43. The van der Waals surface area contributed by atoms with Gasteiger partial charge in [0.25, 0.3) is 0 Å². The largest absolute Gasteiger partial charge is 0.369 e. The molecule has 1 fully saturated rings. The van der Waals surface area contributed by atoms with Gasteiger partial charge in [0.15, 0.2) is 0 Å². The Labute approximate surface area is 159 Å². The second-order valence-corrected chi connectivity index (χ2v) is 7.41. The minimum atomic E-state index is -0.288. The van der Waals surface area contributed by atoms with Crippen molar-refractivity contribution in [2.75, 3.05) is 43.0 Å². The van der Waals surface area contributed by atoms with Gasteiger partial charge in [-0.25, -0.2) is 9.18 Å². The van der Waals surface area contributed by atoms with Crippen LogP contribution in [0.1, 0.15) is 16.7 Å². The summed E-state index contributed by atoms with van der Waals surface area (Å²) < 4.78 is 14.2. The van der Waals surface area contributed by atoms with Crippen LogP contribution < -0.4 is 15.1 Å². The molecule has 2 aliphatic heterocycles. The number of amides is 2. The number of nitrogens with zero attached hydrogens (tertiary/aromatic N) is 3. The Kier molecular flexibility index (Phi) is 4.74. The van der Waals surface area contributed by atoms with Crippen molar-refractivity contribution >= 4 is 17.4 Å². The molecule has 2 aliphatic rings. The summed E-state index contributed by atoms with van der Waals surface area (Å²) in [4.78, 5) is 19.0. The van der Waals surface area contributed by atoms with Crippen LogP contribution in [0.2, 0.25) is 0 Å². The lowest BCUT2D eigenvalue weighted by molar-refractivity contribution is 0.244. The van der Waals surface area contributed by atoms with Crippen LogP contribution in [0, 0.1) is 12.7 Å². The zero-order chi connectivity index (χ0) is 19.0. The van der Waals surface area contributed by atoms with Crippen LogP contribution in [0.15, 0.2) is 36.4 Å². The van der Waals surface area contributed by atoms with E-state index in [2.05, 4.69) is 28.2 Å². The molecule has 0 saturated carbocycles. The van der Waals surface area contributed by atoms with Gasteiger partial charge in [-0.05, 0) is 37.7 Å². The van der Waals surface area contributed by atoms with Crippen LogP contribution in [-0.4, -0.2) is 44.2 Å². The lowest BCUT2D eigenvalue weighted by Crippen LogP contribution is -2.47. The summed E-state index contributed by atoms with van der Waals surface area (Å²) in [6.07, 6.45) is 0. The maximum atomic E-state index is 14.2. The van der Waals surface area contributed by atoms with E-state index in [1.54, 1.807) is 23.1 Å². The number of anilines is 2. The number of fused-ring (bicyclic) bond motifs is 1. The van der Waals surface area contributed by atoms with Gasteiger partial charge in [0.1, 0.15) is 5.82 Å². The molecule has 1 saturated heterocycles. The molecule has 0 atom stereocenters. The number of rotatable bonds is 3. The Bertz CT molecular complexity index is 861. The van der Waals surface area contributed by atoms with Crippen molar-refractivity contribution in [3.05, 3.63) is 58.9 Å². The van der Waals surface area contributed by atoms with Crippen LogP contribution in [0.5, 0.6) is 0 Å². The predicted molar refractivity (Wildman–Crippen MR) is 106 cm³/mol. The van der Waals surface area contributed by atoms with Crippen LogP contribution in [0.25, 0.3) is 0 Å². The molecule has 1 N–H and O–H groups in total. The molecule has 0 spiro atoms. The van der Waals surface area contributed by atoms with Crippen LogP contribution in [0.3, 0.4) is 0 Å². The summed E-state index contributed by atoms with van der Waals surface area (Å²) in [5.41, 5.74) is 4.80. The van der Waals surface area contributed by atoms with Gasteiger partial charge >= 0.3 is 6.03 Å². The summed E-state index contributed by atoms with van der Waals surface area (Å²) in [5, 5.41) is 2.96. The quantitative estimate of drug-likeness (QED) is 0.905. The maximum Gasteiger partial charge on any atom is 0.322 e. The number of carbonyl (C=O) groups is 1. The monoisotopic (exact) mass is 368 g/mol. The molecule has 0 bridgehead atoms. The van der Waals surface area contributed by atoms with Gasteiger partial charge in [0, 0.05) is 49.5 Å². The van der Waals surface area contributed by atoms with E-state index < -0.39 is 0 Å². The molecule has 0 radical (unpaired) electrons. The molecule has 0 aromatic heterocycles. The Morgan fingerprint density at radius 2 is 1.78 bits per heavy atom. The third kappa shape index (κ3) is 3.49. The lowest BCUT2D eigenvalue weighted by atomic mass is 10.0. The maximum absolute atomic E-state index is 14.2. The SMILES string of the molecule is Cc1cc(N2CCN(C)CC2)c2c(c1)N(Cc1ccccc1F)C(=O)NC2. The number of likely N-dealkylation sites (N-methyl/N-ethyl adjacent to an activating group) is 1. The summed E-state index contributed by atoms with van der Waals surface area (Å²) in [6, 6.07) is 10.7. The van der Waals surface area contributed by atoms with E-state index in [4.69, 9.17) is 0 Å². The van der Waals surface area contributed by atoms with Crippen molar-refractivity contribution in [2.45, 2.75) is 20.0 Å². The Morgan fingerprint density at radius 1 is 1.07 bits per heavy atom. The summed E-state index contributed by atoms with van der Waals surface area (Å²) in [6.45, 7) is 6.75. The molecule has 2 aromatic rings. The fourth-order valence-electron chi connectivity index (χ4n) is 3.85. The van der Waals surface area contributed by atoms with Crippen molar-refractivity contribution in [1.82, 2.24) is 10.2 Å². The van der Waals surface area contributed by atoms with Crippen LogP contribution >= 0.6 is 0 Å². The van der Waals surface area contributed by atoms with Gasteiger partial charge in [0.2, 0.25) is 0 Å². The van der Waals surface area contributed by atoms with Gasteiger partial charge in [0.05, 0.1) is 12.2 Å². The number of carbonyl (C=O) groups excluding carboxylic acids is 1. The van der Waals surface area contributed by atoms with E-state index in [0.717, 1.165) is 43.0 Å². The highest BCUT2D eigenvalue weighted by molar-refractivity contribution is 5.96. The fraction of sp³-hybridized carbons (Fsp3) is 0.381. The molecular weight excluding hydrogens is 343 g/mol. The molecule has 142 valence electrons. The first-order valence-corrected chi connectivity index (χ1v) is 9.38. The van der Waals surface area contributed by atoms with Crippen molar-refractivity contribution in [3.63, 3.8) is 0 Å². The first-order valence-electron chi connectivity index (χ1n) is 9.38. The normalized spacial score (nSPS) is 17.7. The number of benzene rings is 2. The highest BCUT2D eigenvalue weighted by Crippen LogP contribution is 2.36. The van der Waals surface area contributed by atoms with Crippen molar-refractivity contribution in [2.24, 2.45) is 0 Å². The molecule has 4 rings (SSSR count). The molecule has 2 aromatic carbocycles. The number of hydrogen-bond donors (Lipinski definition) is 1. The Balaban J connectivity index is 1.71. The number of hydrogen-bond acceptors (Lipinski definition) is 3. The standard InChI is InChI=1S/C21H25FN4O/c1-15-11-19(25-9-7-24(2)8-10-25)17-13-23-21(27)26(20(17)12-15)14-16-5-3-4-6-18(16)22/h3-6,11-12H,7-10,13-14H2,1-2H3,(H,23,27). The van der Waals surface area contributed by atoms with Crippen molar-refractivity contribution in [3.8, 4) is 0 Å². The minimum Gasteiger partial charge on any atom is -0.369 e. The molecule has 2 heterocycles. The number of nitrogens with one attached hydrogen (secondary N) is 1. The molecular formula is C21H25FN4O. The number of urea groups is 1. The molecule has 27 heavy (non-hydrogen) atoms. The van der Waals surface area contributed by atoms with Crippen molar-refractivity contribution in [1.29, 1.82) is 0 Å². The Morgan fingerprint density at radius 3 is 2.52 bits per heavy atom. The van der Waals surface area contributed by atoms with Gasteiger partial charge in [-0.2, -0.15) is 0 Å². The Hall–Kier alpha value is -2.60. The van der Waals surface area contributed by atoms with Crippen LogP contribution in [-0.2, 0) is 13.1 Å². The molecule has 5 nitrogen and oxygen atoms in total.